The van der Waals surface area contributed by atoms with Gasteiger partial charge in [-0.3, -0.25) is 0 Å². The highest BCUT2D eigenvalue weighted by Gasteiger charge is 2.31. The quantitative estimate of drug-likeness (QED) is 0.0648. The number of benzene rings is 4. The van der Waals surface area contributed by atoms with E-state index in [1.54, 1.807) is 0 Å². The minimum atomic E-state index is -0.776. The van der Waals surface area contributed by atoms with E-state index in [1.807, 2.05) is 0 Å². The van der Waals surface area contributed by atoms with Gasteiger partial charge in [-0.05, 0) is 116 Å². The molecule has 0 bridgehead atoms. The van der Waals surface area contributed by atoms with Crippen LogP contribution in [0.5, 0.6) is 0 Å². The molecule has 282 valence electrons. The van der Waals surface area contributed by atoms with Crippen molar-refractivity contribution in [3.63, 3.8) is 0 Å². The van der Waals surface area contributed by atoms with Gasteiger partial charge in [0.05, 0.1) is 0 Å². The summed E-state index contributed by atoms with van der Waals surface area (Å²) in [7, 11) is -1.55. The van der Waals surface area contributed by atoms with Crippen molar-refractivity contribution in [1.82, 2.24) is 0 Å². The number of rotatable bonds is 19. The van der Waals surface area contributed by atoms with Gasteiger partial charge in [-0.2, -0.15) is 0 Å². The average molecular weight is 1510 g/mol. The predicted octanol–water partition coefficient (Wildman–Crippen LogP) is 16.0. The lowest BCUT2D eigenvalue weighted by Gasteiger charge is -2.33. The third-order valence-electron chi connectivity index (χ3n) is 8.71. The molecule has 4 aromatic carbocycles. The summed E-state index contributed by atoms with van der Waals surface area (Å²) in [6, 6.07) is 19.3. The Morgan fingerprint density at radius 1 is 0.250 bits per heavy atom. The lowest BCUT2D eigenvalue weighted by molar-refractivity contribution is 1.29. The largest absolute Gasteiger partial charge is 0.0876 e. The monoisotopic (exact) mass is 1500 g/mol. The highest BCUT2D eigenvalue weighted by atomic mass is 79.9. The van der Waals surface area contributed by atoms with Gasteiger partial charge in [0.25, 0.3) is 0 Å². The fraction of sp³-hybridized carbons (Fsp3) is 0.368. The molecule has 0 aliphatic heterocycles. The van der Waals surface area contributed by atoms with Crippen LogP contribution < -0.4 is 21.2 Å². The summed E-state index contributed by atoms with van der Waals surface area (Å²) in [5, 5.41) is 15.9. The number of hydrogen-bond acceptors (Lipinski definition) is 0. The van der Waals surface area contributed by atoms with Gasteiger partial charge in [-0.1, -0.05) is 240 Å². The molecule has 0 N–H and O–H groups in total. The van der Waals surface area contributed by atoms with Gasteiger partial charge < -0.3 is 0 Å². The molecule has 4 rings (SSSR count). The zero-order valence-corrected chi connectivity index (χ0v) is 48.8. The zero-order chi connectivity index (χ0) is 37.9. The van der Waals surface area contributed by atoms with Crippen molar-refractivity contribution >= 4 is 228 Å². The molecule has 0 aromatic heterocycles. The Bertz CT molecular complexity index is 1460. The normalized spacial score (nSPS) is 11.7. The number of hydrogen-bond donors (Lipinski definition) is 0. The van der Waals surface area contributed by atoms with Crippen LogP contribution in [0.15, 0.2) is 48.5 Å². The summed E-state index contributed by atoms with van der Waals surface area (Å²) in [5.41, 5.74) is 16.4. The Morgan fingerprint density at radius 2 is 0.404 bits per heavy atom. The topological polar surface area (TPSA) is 0 Å². The smallest absolute Gasteiger partial charge is 0.0289 e. The second-order valence-corrected chi connectivity index (χ2v) is 23.1. The Morgan fingerprint density at radius 3 is 0.519 bits per heavy atom. The summed E-state index contributed by atoms with van der Waals surface area (Å²) in [6.07, 6.45) is 2.13. The van der Waals surface area contributed by atoms with Crippen molar-refractivity contribution in [2.45, 2.75) is 64.0 Å². The van der Waals surface area contributed by atoms with E-state index in [0.29, 0.717) is 0 Å². The van der Waals surface area contributed by atoms with Crippen molar-refractivity contribution in [2.24, 2.45) is 0 Å². The van der Waals surface area contributed by atoms with Crippen LogP contribution in [0.25, 0.3) is 0 Å². The van der Waals surface area contributed by atoms with Gasteiger partial charge >= 0.3 is 0 Å². The van der Waals surface area contributed by atoms with Crippen molar-refractivity contribution in [2.75, 3.05) is 12.3 Å². The molecule has 0 saturated carbocycles. The first kappa shape index (κ1) is 48.2. The molecule has 0 radical (unpaired) electrons. The summed E-state index contributed by atoms with van der Waals surface area (Å²) >= 11 is 46.7. The molecule has 0 heterocycles. The molecule has 0 spiro atoms. The molecule has 0 atom stereocenters. The maximum Gasteiger partial charge on any atom is 0.0289 e. The van der Waals surface area contributed by atoms with E-state index >= 15 is 0 Å². The SMILES string of the molecule is BrCc1cc(CBr)c(P(CCP(c2c(CBr)cc(CBr)cc2CBr)c2c(CBr)cc(CBr)cc2CBr)c2c(CBr)cc(CBr)cc2CBr)c(CBr)c1. The fourth-order valence-corrected chi connectivity index (χ4v) is 20.1. The molecule has 4 aromatic rings. The van der Waals surface area contributed by atoms with Crippen molar-refractivity contribution < 1.29 is 0 Å². The van der Waals surface area contributed by atoms with Crippen LogP contribution in [-0.2, 0) is 64.0 Å². The number of halogens is 12. The molecule has 0 aliphatic carbocycles. The number of alkyl halides is 12. The van der Waals surface area contributed by atoms with Crippen LogP contribution in [0.1, 0.15) is 66.8 Å². The molecular weight excluding hydrogens is 1480 g/mol. The minimum absolute atomic E-state index is 0.776. The first-order chi connectivity index (χ1) is 25.2. The highest BCUT2D eigenvalue weighted by Crippen LogP contribution is 2.48. The predicted molar refractivity (Wildman–Crippen MR) is 279 cm³/mol. The Balaban J connectivity index is 2.11. The molecule has 0 unspecified atom stereocenters. The first-order valence-corrected chi connectivity index (χ1v) is 32.6. The summed E-state index contributed by atoms with van der Waals surface area (Å²) in [5.74, 6) is 0. The average Bonchev–Trinajstić information content (AvgIpc) is 3.20. The van der Waals surface area contributed by atoms with E-state index in [0.717, 1.165) is 76.3 Å². The molecule has 0 amide bonds. The van der Waals surface area contributed by atoms with E-state index in [-0.39, 0.29) is 0 Å². The van der Waals surface area contributed by atoms with Crippen LogP contribution in [0.3, 0.4) is 0 Å². The van der Waals surface area contributed by atoms with Crippen LogP contribution in [0.4, 0.5) is 0 Å². The molecule has 52 heavy (non-hydrogen) atoms. The van der Waals surface area contributed by atoms with E-state index in [4.69, 9.17) is 0 Å². The first-order valence-electron chi connectivity index (χ1n) is 16.1. The molecular formula is C38H36Br12P2. The molecule has 0 aliphatic rings. The van der Waals surface area contributed by atoms with Gasteiger partial charge in [0.1, 0.15) is 0 Å². The van der Waals surface area contributed by atoms with Crippen LogP contribution in [-0.4, -0.2) is 12.3 Å². The molecule has 14 heteroatoms. The van der Waals surface area contributed by atoms with Crippen LogP contribution >= 0.6 is 207 Å². The summed E-state index contributed by atoms with van der Waals surface area (Å²) in [4.78, 5) is 0. The molecule has 0 saturated heterocycles. The lowest BCUT2D eigenvalue weighted by atomic mass is 10.1. The van der Waals surface area contributed by atoms with E-state index in [9.17, 15) is 0 Å². The Hall–Kier alpha value is 3.50. The van der Waals surface area contributed by atoms with Gasteiger partial charge in [-0.15, -0.1) is 0 Å². The highest BCUT2D eigenvalue weighted by molar-refractivity contribution is 9.10. The van der Waals surface area contributed by atoms with Crippen molar-refractivity contribution in [3.8, 4) is 0 Å². The molecule has 0 fully saturated rings. The Labute approximate surface area is 413 Å². The van der Waals surface area contributed by atoms with Crippen LogP contribution in [0, 0.1) is 0 Å². The second-order valence-electron chi connectivity index (χ2n) is 12.0. The van der Waals surface area contributed by atoms with E-state index in [1.165, 1.54) is 88.0 Å². The maximum absolute atomic E-state index is 3.96. The van der Waals surface area contributed by atoms with Gasteiger partial charge in [0, 0.05) is 64.0 Å². The minimum Gasteiger partial charge on any atom is -0.0876 e. The summed E-state index contributed by atoms with van der Waals surface area (Å²) < 4.78 is 0. The third-order valence-corrected chi connectivity index (χ3v) is 22.3. The van der Waals surface area contributed by atoms with Gasteiger partial charge in [0.2, 0.25) is 0 Å². The van der Waals surface area contributed by atoms with Crippen LogP contribution in [0.2, 0.25) is 0 Å². The second kappa shape index (κ2) is 24.7. The van der Waals surface area contributed by atoms with Crippen molar-refractivity contribution in [1.29, 1.82) is 0 Å². The van der Waals surface area contributed by atoms with E-state index in [2.05, 4.69) is 240 Å². The van der Waals surface area contributed by atoms with Gasteiger partial charge in [0.15, 0.2) is 0 Å². The summed E-state index contributed by atoms with van der Waals surface area (Å²) in [6.45, 7) is 0. The third kappa shape index (κ3) is 11.7. The van der Waals surface area contributed by atoms with Gasteiger partial charge in [-0.25, -0.2) is 0 Å². The zero-order valence-electron chi connectivity index (χ0n) is 27.9. The fourth-order valence-electron chi connectivity index (χ4n) is 6.71. The van der Waals surface area contributed by atoms with Crippen molar-refractivity contribution in [3.05, 3.63) is 115 Å². The Kier molecular flexibility index (Phi) is 22.9. The molecule has 0 nitrogen and oxygen atoms in total. The maximum atomic E-state index is 3.96. The lowest BCUT2D eigenvalue weighted by Crippen LogP contribution is -2.30. The standard InChI is InChI=1S/C38H36Br12P2/c39-11-23-3-27(15-43)35(28(4-23)16-44)51(36-29(17-45)5-24(12-40)6-30(36)18-46)1-2-52(37-31(19-47)7-25(13-41)8-32(37)20-48)38-33(21-49)9-26(14-42)10-34(38)22-50/h3-10H,1-2,11-22H2. The van der Waals surface area contributed by atoms with E-state index < -0.39 is 15.8 Å².